The van der Waals surface area contributed by atoms with E-state index in [4.69, 9.17) is 11.6 Å². The quantitative estimate of drug-likeness (QED) is 0.511. The summed E-state index contributed by atoms with van der Waals surface area (Å²) < 4.78 is 42.7. The highest BCUT2D eigenvalue weighted by molar-refractivity contribution is 8.16. The molecule has 1 N–H and O–H groups in total. The van der Waals surface area contributed by atoms with Gasteiger partial charge in [0.15, 0.2) is 5.17 Å². The number of carbonyl (C=O) groups is 2. The molecule has 7 nitrogen and oxygen atoms in total. The predicted molar refractivity (Wildman–Crippen MR) is 131 cm³/mol. The van der Waals surface area contributed by atoms with E-state index >= 15 is 0 Å². The topological polar surface area (TPSA) is 95.9 Å². The third kappa shape index (κ3) is 5.46. The van der Waals surface area contributed by atoms with E-state index in [0.29, 0.717) is 16.4 Å². The van der Waals surface area contributed by atoms with Gasteiger partial charge >= 0.3 is 0 Å². The first kappa shape index (κ1) is 23.9. The largest absolute Gasteiger partial charge is 0.326 e. The minimum atomic E-state index is -4.24. The zero-order chi connectivity index (χ0) is 24.3. The second-order valence-electron chi connectivity index (χ2n) is 7.18. The summed E-state index contributed by atoms with van der Waals surface area (Å²) in [6, 6.07) is 19.1. The summed E-state index contributed by atoms with van der Waals surface area (Å²) in [7, 11) is -4.24. The van der Waals surface area contributed by atoms with Crippen molar-refractivity contribution in [3.05, 3.63) is 89.7 Å². The van der Waals surface area contributed by atoms with E-state index in [-0.39, 0.29) is 16.5 Å². The molecule has 3 aromatic carbocycles. The summed E-state index contributed by atoms with van der Waals surface area (Å²) >= 11 is 6.73. The summed E-state index contributed by atoms with van der Waals surface area (Å²) in [6.07, 6.45) is -0.203. The molecule has 0 aromatic heterocycles. The highest BCUT2D eigenvalue weighted by Crippen LogP contribution is 2.35. The number of carbonyl (C=O) groups excluding carboxylic acids is 2. The third-order valence-corrected chi connectivity index (χ3v) is 7.54. The molecule has 0 radical (unpaired) electrons. The van der Waals surface area contributed by atoms with Gasteiger partial charge in [0.05, 0.1) is 10.6 Å². The van der Waals surface area contributed by atoms with E-state index in [1.807, 2.05) is 0 Å². The van der Waals surface area contributed by atoms with Crippen molar-refractivity contribution in [3.8, 4) is 0 Å². The fraction of sp³-hybridized carbons (Fsp3) is 0.0870. The minimum absolute atomic E-state index is 0.0928. The van der Waals surface area contributed by atoms with Crippen molar-refractivity contribution >= 4 is 61.7 Å². The Bertz CT molecular complexity index is 1350. The standard InChI is InChI=1S/C23H17ClFN3O4S2/c24-15-6-10-17(11-7-15)26-21(29)14-20-22(30)28(18-4-2-1-3-5-18)23(33-20)27-34(31,32)19-12-8-16(25)9-13-19/h1-13,20H,14H2,(H,26,29)/b27-23+. The van der Waals surface area contributed by atoms with E-state index < -0.39 is 32.9 Å². The van der Waals surface area contributed by atoms with Crippen molar-refractivity contribution < 1.29 is 22.4 Å². The first-order chi connectivity index (χ1) is 16.2. The first-order valence-corrected chi connectivity index (χ1v) is 12.6. The van der Waals surface area contributed by atoms with E-state index in [9.17, 15) is 22.4 Å². The van der Waals surface area contributed by atoms with Crippen molar-refractivity contribution in [1.82, 2.24) is 0 Å². The van der Waals surface area contributed by atoms with Crippen LogP contribution in [0.15, 0.2) is 88.2 Å². The smallest absolute Gasteiger partial charge is 0.284 e. The number of benzene rings is 3. The Balaban J connectivity index is 1.61. The summed E-state index contributed by atoms with van der Waals surface area (Å²) in [6.45, 7) is 0. The number of amides is 2. The third-order valence-electron chi connectivity index (χ3n) is 4.76. The van der Waals surface area contributed by atoms with Gasteiger partial charge in [0.25, 0.3) is 10.0 Å². The van der Waals surface area contributed by atoms with Gasteiger partial charge < -0.3 is 5.32 Å². The second kappa shape index (κ2) is 9.96. The maximum atomic E-state index is 13.2. The fourth-order valence-electron chi connectivity index (χ4n) is 3.15. The van der Waals surface area contributed by atoms with Gasteiger partial charge in [-0.15, -0.1) is 4.40 Å². The summed E-state index contributed by atoms with van der Waals surface area (Å²) in [5.41, 5.74) is 0.922. The Morgan fingerprint density at radius 3 is 2.32 bits per heavy atom. The lowest BCUT2D eigenvalue weighted by molar-refractivity contribution is -0.121. The molecule has 1 heterocycles. The van der Waals surface area contributed by atoms with Crippen LogP contribution in [0.4, 0.5) is 15.8 Å². The van der Waals surface area contributed by atoms with Crippen LogP contribution >= 0.6 is 23.4 Å². The molecule has 0 spiro atoms. The van der Waals surface area contributed by atoms with Gasteiger partial charge in [-0.2, -0.15) is 8.42 Å². The van der Waals surface area contributed by atoms with Gasteiger partial charge in [-0.3, -0.25) is 14.5 Å². The molecule has 1 aliphatic heterocycles. The Morgan fingerprint density at radius 2 is 1.68 bits per heavy atom. The molecule has 1 unspecified atom stereocenters. The van der Waals surface area contributed by atoms with Crippen LogP contribution in [-0.2, 0) is 19.6 Å². The van der Waals surface area contributed by atoms with Crippen LogP contribution in [0.25, 0.3) is 0 Å². The SMILES string of the molecule is O=C(CC1S/C(=N/S(=O)(=O)c2ccc(F)cc2)N(c2ccccc2)C1=O)Nc1ccc(Cl)cc1. The van der Waals surface area contributed by atoms with Crippen LogP contribution in [0.2, 0.25) is 5.02 Å². The zero-order valence-corrected chi connectivity index (χ0v) is 19.8. The highest BCUT2D eigenvalue weighted by atomic mass is 35.5. The Kier molecular flexibility index (Phi) is 7.01. The number of sulfonamides is 1. The predicted octanol–water partition coefficient (Wildman–Crippen LogP) is 4.70. The molecule has 2 amide bonds. The van der Waals surface area contributed by atoms with Gasteiger partial charge in [-0.05, 0) is 60.7 Å². The van der Waals surface area contributed by atoms with Gasteiger partial charge in [0, 0.05) is 17.1 Å². The molecule has 11 heteroatoms. The average molecular weight is 518 g/mol. The number of anilines is 2. The Morgan fingerprint density at radius 1 is 1.03 bits per heavy atom. The lowest BCUT2D eigenvalue weighted by Gasteiger charge is -2.16. The van der Waals surface area contributed by atoms with Crippen LogP contribution in [0.5, 0.6) is 0 Å². The van der Waals surface area contributed by atoms with E-state index in [1.165, 1.54) is 4.90 Å². The number of nitrogens with one attached hydrogen (secondary N) is 1. The lowest BCUT2D eigenvalue weighted by atomic mass is 10.2. The molecule has 0 aliphatic carbocycles. The highest BCUT2D eigenvalue weighted by Gasteiger charge is 2.41. The first-order valence-electron chi connectivity index (χ1n) is 9.94. The number of nitrogens with zero attached hydrogens (tertiary/aromatic N) is 2. The van der Waals surface area contributed by atoms with Crippen molar-refractivity contribution in [2.75, 3.05) is 10.2 Å². The molecular formula is C23H17ClFN3O4S2. The summed E-state index contributed by atoms with van der Waals surface area (Å²) in [5, 5.41) is 2.22. The van der Waals surface area contributed by atoms with Gasteiger partial charge in [0.2, 0.25) is 11.8 Å². The van der Waals surface area contributed by atoms with Gasteiger partial charge in [-0.25, -0.2) is 4.39 Å². The van der Waals surface area contributed by atoms with E-state index in [1.54, 1.807) is 54.6 Å². The van der Waals surface area contributed by atoms with Crippen molar-refractivity contribution in [2.45, 2.75) is 16.6 Å². The lowest BCUT2D eigenvalue weighted by Crippen LogP contribution is -2.33. The molecule has 1 saturated heterocycles. The average Bonchev–Trinajstić information content (AvgIpc) is 3.10. The van der Waals surface area contributed by atoms with Crippen LogP contribution in [-0.4, -0.2) is 30.6 Å². The number of rotatable bonds is 6. The number of para-hydroxylation sites is 1. The van der Waals surface area contributed by atoms with Crippen molar-refractivity contribution in [3.63, 3.8) is 0 Å². The summed E-state index contributed by atoms with van der Waals surface area (Å²) in [4.78, 5) is 26.7. The van der Waals surface area contributed by atoms with E-state index in [0.717, 1.165) is 36.0 Å². The number of amidine groups is 1. The molecule has 1 fully saturated rings. The second-order valence-corrected chi connectivity index (χ2v) is 10.4. The number of thioether (sulfide) groups is 1. The van der Waals surface area contributed by atoms with Crippen LogP contribution in [0.1, 0.15) is 6.42 Å². The number of halogens is 2. The monoisotopic (exact) mass is 517 g/mol. The fourth-order valence-corrected chi connectivity index (χ4v) is 5.61. The van der Waals surface area contributed by atoms with Crippen LogP contribution in [0, 0.1) is 5.82 Å². The summed E-state index contributed by atoms with van der Waals surface area (Å²) in [5.74, 6) is -1.49. The molecular weight excluding hydrogens is 501 g/mol. The number of hydrogen-bond donors (Lipinski definition) is 1. The molecule has 0 saturated carbocycles. The van der Waals surface area contributed by atoms with Crippen molar-refractivity contribution in [2.24, 2.45) is 4.40 Å². The normalized spacial score (nSPS) is 17.2. The van der Waals surface area contributed by atoms with E-state index in [2.05, 4.69) is 9.71 Å². The van der Waals surface area contributed by atoms with Crippen LogP contribution in [0.3, 0.4) is 0 Å². The van der Waals surface area contributed by atoms with Gasteiger partial charge in [-0.1, -0.05) is 41.6 Å². The molecule has 1 atom stereocenters. The van der Waals surface area contributed by atoms with Crippen LogP contribution < -0.4 is 10.2 Å². The maximum Gasteiger partial charge on any atom is 0.284 e. The molecule has 174 valence electrons. The minimum Gasteiger partial charge on any atom is -0.326 e. The Labute approximate surface area is 204 Å². The van der Waals surface area contributed by atoms with Gasteiger partial charge in [0.1, 0.15) is 11.1 Å². The molecule has 3 aromatic rings. The molecule has 34 heavy (non-hydrogen) atoms. The molecule has 0 bridgehead atoms. The maximum absolute atomic E-state index is 13.2. The number of hydrogen-bond acceptors (Lipinski definition) is 5. The molecule has 1 aliphatic rings. The zero-order valence-electron chi connectivity index (χ0n) is 17.4. The Hall–Kier alpha value is -3.21. The van der Waals surface area contributed by atoms with Crippen molar-refractivity contribution in [1.29, 1.82) is 0 Å². The molecule has 4 rings (SSSR count).